The molecule has 5 nitrogen and oxygen atoms in total. The van der Waals surface area contributed by atoms with Crippen LogP contribution in [0.4, 0.5) is 5.69 Å². The zero-order valence-electron chi connectivity index (χ0n) is 15.4. The van der Waals surface area contributed by atoms with Crippen molar-refractivity contribution in [1.29, 1.82) is 0 Å². The Morgan fingerprint density at radius 1 is 1.14 bits per heavy atom. The second kappa shape index (κ2) is 8.27. The Labute approximate surface area is 180 Å². The van der Waals surface area contributed by atoms with Gasteiger partial charge in [0, 0.05) is 15.7 Å². The van der Waals surface area contributed by atoms with Crippen LogP contribution in [0.25, 0.3) is 22.6 Å². The smallest absolute Gasteiger partial charge is 0.228 e. The molecule has 0 aliphatic carbocycles. The number of benzene rings is 3. The first-order valence-electron chi connectivity index (χ1n) is 8.80. The van der Waals surface area contributed by atoms with E-state index in [1.165, 1.54) is 0 Å². The predicted octanol–water partition coefficient (Wildman–Crippen LogP) is 6.10. The normalized spacial score (nSPS) is 10.9. The maximum absolute atomic E-state index is 12.4. The first-order valence-corrected chi connectivity index (χ1v) is 9.98. The predicted molar refractivity (Wildman–Crippen MR) is 117 cm³/mol. The van der Waals surface area contributed by atoms with Crippen molar-refractivity contribution >= 4 is 50.2 Å². The lowest BCUT2D eigenvalue weighted by Gasteiger charge is -2.06. The second-order valence-corrected chi connectivity index (χ2v) is 7.66. The number of nitrogens with one attached hydrogen (secondary N) is 1. The summed E-state index contributed by atoms with van der Waals surface area (Å²) in [5.41, 5.74) is 3.67. The summed E-state index contributed by atoms with van der Waals surface area (Å²) in [4.78, 5) is 16.9. The largest absolute Gasteiger partial charge is 0.497 e. The Bertz CT molecular complexity index is 1190. The number of hydrogen-bond donors (Lipinski definition) is 1. The van der Waals surface area contributed by atoms with Crippen molar-refractivity contribution in [3.05, 3.63) is 75.7 Å². The highest BCUT2D eigenvalue weighted by Crippen LogP contribution is 2.31. The summed E-state index contributed by atoms with van der Waals surface area (Å²) in [6, 6.07) is 18.3. The number of anilines is 1. The van der Waals surface area contributed by atoms with Crippen molar-refractivity contribution in [2.75, 3.05) is 12.4 Å². The van der Waals surface area contributed by atoms with Crippen LogP contribution in [0.1, 0.15) is 5.56 Å². The molecule has 0 saturated carbocycles. The fourth-order valence-corrected chi connectivity index (χ4v) is 3.39. The Balaban J connectivity index is 1.50. The highest BCUT2D eigenvalue weighted by molar-refractivity contribution is 9.10. The summed E-state index contributed by atoms with van der Waals surface area (Å²) in [6.07, 6.45) is 0.269. The molecular weight excluding hydrogens is 456 g/mol. The fourth-order valence-electron chi connectivity index (χ4n) is 2.89. The maximum atomic E-state index is 12.4. The molecule has 146 valence electrons. The molecule has 0 spiro atoms. The molecular formula is C22H16BrClN2O3. The van der Waals surface area contributed by atoms with Gasteiger partial charge in [0.1, 0.15) is 11.3 Å². The summed E-state index contributed by atoms with van der Waals surface area (Å²) >= 11 is 9.45. The van der Waals surface area contributed by atoms with Gasteiger partial charge in [0.2, 0.25) is 11.8 Å². The molecule has 1 N–H and O–H groups in total. The summed E-state index contributed by atoms with van der Waals surface area (Å²) < 4.78 is 11.7. The Hall–Kier alpha value is -2.83. The zero-order chi connectivity index (χ0) is 20.4. The molecule has 0 bridgehead atoms. The highest BCUT2D eigenvalue weighted by Gasteiger charge is 2.11. The number of hydrogen-bond acceptors (Lipinski definition) is 4. The molecule has 1 heterocycles. The van der Waals surface area contributed by atoms with Crippen LogP contribution in [0.2, 0.25) is 5.02 Å². The van der Waals surface area contributed by atoms with Gasteiger partial charge in [0.05, 0.1) is 18.6 Å². The number of aromatic nitrogens is 1. The van der Waals surface area contributed by atoms with E-state index in [-0.39, 0.29) is 12.3 Å². The molecule has 29 heavy (non-hydrogen) atoms. The molecule has 1 aromatic heterocycles. The highest BCUT2D eigenvalue weighted by atomic mass is 79.9. The van der Waals surface area contributed by atoms with Crippen LogP contribution in [-0.2, 0) is 11.2 Å². The zero-order valence-corrected chi connectivity index (χ0v) is 17.8. The molecule has 7 heteroatoms. The molecule has 0 aliphatic heterocycles. The number of amides is 1. The van der Waals surface area contributed by atoms with Gasteiger partial charge in [-0.1, -0.05) is 23.7 Å². The Kier molecular flexibility index (Phi) is 5.56. The number of ether oxygens (including phenoxy) is 1. The van der Waals surface area contributed by atoms with E-state index >= 15 is 0 Å². The van der Waals surface area contributed by atoms with Crippen molar-refractivity contribution in [2.45, 2.75) is 6.42 Å². The number of oxazole rings is 1. The van der Waals surface area contributed by atoms with Gasteiger partial charge in [0.15, 0.2) is 5.58 Å². The quantitative estimate of drug-likeness (QED) is 0.382. The van der Waals surface area contributed by atoms with Gasteiger partial charge in [0.25, 0.3) is 0 Å². The lowest BCUT2D eigenvalue weighted by Crippen LogP contribution is -2.14. The first kappa shape index (κ1) is 19.5. The van der Waals surface area contributed by atoms with Gasteiger partial charge in [-0.05, 0) is 70.0 Å². The number of nitrogens with zero attached hydrogens (tertiary/aromatic N) is 1. The van der Waals surface area contributed by atoms with Crippen LogP contribution in [0, 0.1) is 0 Å². The van der Waals surface area contributed by atoms with Gasteiger partial charge < -0.3 is 14.5 Å². The van der Waals surface area contributed by atoms with Gasteiger partial charge in [-0.15, -0.1) is 0 Å². The molecule has 0 aliphatic rings. The number of fused-ring (bicyclic) bond motifs is 1. The van der Waals surface area contributed by atoms with Crippen molar-refractivity contribution in [1.82, 2.24) is 4.98 Å². The fraction of sp³-hybridized carbons (Fsp3) is 0.0909. The topological polar surface area (TPSA) is 64.4 Å². The molecule has 0 atom stereocenters. The average molecular weight is 472 g/mol. The molecule has 0 fully saturated rings. The number of carbonyl (C=O) groups excluding carboxylic acids is 1. The molecule has 4 aromatic rings. The second-order valence-electron chi connectivity index (χ2n) is 6.40. The van der Waals surface area contributed by atoms with Gasteiger partial charge >= 0.3 is 0 Å². The summed E-state index contributed by atoms with van der Waals surface area (Å²) in [7, 11) is 1.61. The number of carbonyl (C=O) groups is 1. The van der Waals surface area contributed by atoms with E-state index in [1.54, 1.807) is 31.4 Å². The minimum Gasteiger partial charge on any atom is -0.497 e. The van der Waals surface area contributed by atoms with Crippen molar-refractivity contribution in [3.63, 3.8) is 0 Å². The van der Waals surface area contributed by atoms with E-state index in [1.807, 2.05) is 36.4 Å². The summed E-state index contributed by atoms with van der Waals surface area (Å²) in [5, 5.41) is 3.52. The summed E-state index contributed by atoms with van der Waals surface area (Å²) in [6.45, 7) is 0. The lowest BCUT2D eigenvalue weighted by molar-refractivity contribution is -0.115. The van der Waals surface area contributed by atoms with Crippen LogP contribution in [0.15, 0.2) is 69.6 Å². The molecule has 0 radical (unpaired) electrons. The van der Waals surface area contributed by atoms with Crippen molar-refractivity contribution < 1.29 is 13.9 Å². The Morgan fingerprint density at radius 3 is 2.66 bits per heavy atom. The van der Waals surface area contributed by atoms with Crippen LogP contribution in [0.5, 0.6) is 5.75 Å². The Morgan fingerprint density at radius 2 is 1.93 bits per heavy atom. The lowest BCUT2D eigenvalue weighted by atomic mass is 10.1. The third kappa shape index (κ3) is 4.44. The first-order chi connectivity index (χ1) is 14.0. The van der Waals surface area contributed by atoms with Gasteiger partial charge in [-0.3, -0.25) is 4.79 Å². The summed E-state index contributed by atoms with van der Waals surface area (Å²) in [5.74, 6) is 1.13. The molecule has 4 rings (SSSR count). The standard InChI is InChI=1S/C22H16BrClN2O3/c1-28-16-6-2-13(3-7-16)10-21(27)25-15-5-9-20-19(12-15)26-22(29-20)14-4-8-18(24)17(23)11-14/h2-9,11-12H,10H2,1H3,(H,25,27). The van der Waals surface area contributed by atoms with E-state index in [9.17, 15) is 4.79 Å². The number of rotatable bonds is 5. The van der Waals surface area contributed by atoms with E-state index < -0.39 is 0 Å². The molecule has 0 saturated heterocycles. The van der Waals surface area contributed by atoms with E-state index in [2.05, 4.69) is 26.2 Å². The number of halogens is 2. The van der Waals surface area contributed by atoms with Crippen molar-refractivity contribution in [3.8, 4) is 17.2 Å². The minimum atomic E-state index is -0.111. The van der Waals surface area contributed by atoms with Crippen molar-refractivity contribution in [2.24, 2.45) is 0 Å². The van der Waals surface area contributed by atoms with Crippen LogP contribution < -0.4 is 10.1 Å². The maximum Gasteiger partial charge on any atom is 0.228 e. The van der Waals surface area contributed by atoms with E-state index in [0.717, 1.165) is 21.3 Å². The third-order valence-electron chi connectivity index (χ3n) is 4.36. The van der Waals surface area contributed by atoms with E-state index in [4.69, 9.17) is 20.8 Å². The van der Waals surface area contributed by atoms with Crippen LogP contribution in [0.3, 0.4) is 0 Å². The third-order valence-corrected chi connectivity index (χ3v) is 5.58. The van der Waals surface area contributed by atoms with Crippen LogP contribution in [-0.4, -0.2) is 18.0 Å². The molecule has 1 amide bonds. The monoisotopic (exact) mass is 470 g/mol. The average Bonchev–Trinajstić information content (AvgIpc) is 3.14. The number of methoxy groups -OCH3 is 1. The van der Waals surface area contributed by atoms with Crippen LogP contribution >= 0.6 is 27.5 Å². The SMILES string of the molecule is COc1ccc(CC(=O)Nc2ccc3oc(-c4ccc(Cl)c(Br)c4)nc3c2)cc1. The van der Waals surface area contributed by atoms with Gasteiger partial charge in [-0.2, -0.15) is 0 Å². The molecule has 0 unspecified atom stereocenters. The van der Waals surface area contributed by atoms with E-state index in [0.29, 0.717) is 27.7 Å². The van der Waals surface area contributed by atoms with Gasteiger partial charge in [-0.25, -0.2) is 4.98 Å². The molecule has 3 aromatic carbocycles. The minimum absolute atomic E-state index is 0.111.